The topological polar surface area (TPSA) is 58.3 Å². The van der Waals surface area contributed by atoms with Crippen molar-refractivity contribution in [2.24, 2.45) is 7.05 Å². The lowest BCUT2D eigenvalue weighted by Gasteiger charge is -2.33. The van der Waals surface area contributed by atoms with Crippen molar-refractivity contribution >= 4 is 5.91 Å². The number of hydrogen-bond donors (Lipinski definition) is 1. The molecule has 1 saturated heterocycles. The minimum absolute atomic E-state index is 0.0624. The van der Waals surface area contributed by atoms with Crippen molar-refractivity contribution in [3.05, 3.63) is 36.3 Å². The molecule has 0 aliphatic carbocycles. The number of piperazine rings is 1. The molecule has 1 aliphatic heterocycles. The third-order valence-electron chi connectivity index (χ3n) is 4.85. The molecule has 0 aromatic carbocycles. The molecule has 0 saturated carbocycles. The van der Waals surface area contributed by atoms with Crippen LogP contribution in [0, 0.1) is 0 Å². The maximum absolute atomic E-state index is 12.5. The normalized spacial score (nSPS) is 16.2. The Morgan fingerprint density at radius 2 is 1.84 bits per heavy atom. The molecule has 3 heterocycles. The van der Waals surface area contributed by atoms with Crippen molar-refractivity contribution < 1.29 is 4.79 Å². The number of carbonyl (C=O) groups is 1. The number of nitrogens with one attached hydrogen (secondary N) is 1. The highest BCUT2D eigenvalue weighted by molar-refractivity contribution is 5.97. The highest BCUT2D eigenvalue weighted by Gasteiger charge is 2.18. The molecular formula is C18H28N6O. The van der Waals surface area contributed by atoms with Crippen LogP contribution in [0.15, 0.2) is 30.7 Å². The lowest BCUT2D eigenvalue weighted by Crippen LogP contribution is -2.46. The van der Waals surface area contributed by atoms with Crippen molar-refractivity contribution in [1.82, 2.24) is 29.5 Å². The quantitative estimate of drug-likeness (QED) is 0.761. The van der Waals surface area contributed by atoms with E-state index in [1.165, 1.54) is 0 Å². The van der Waals surface area contributed by atoms with Crippen LogP contribution in [-0.2, 0) is 7.05 Å². The van der Waals surface area contributed by atoms with Crippen molar-refractivity contribution in [3.63, 3.8) is 0 Å². The summed E-state index contributed by atoms with van der Waals surface area (Å²) in [5, 5.41) is 7.26. The minimum Gasteiger partial charge on any atom is -0.352 e. The molecular weight excluding hydrogens is 316 g/mol. The molecule has 0 radical (unpaired) electrons. The van der Waals surface area contributed by atoms with Crippen molar-refractivity contribution in [1.29, 1.82) is 0 Å². The molecule has 0 unspecified atom stereocenters. The number of aryl methyl sites for hydroxylation is 1. The van der Waals surface area contributed by atoms with Gasteiger partial charge in [0.05, 0.1) is 6.20 Å². The Balaban J connectivity index is 1.46. The van der Waals surface area contributed by atoms with Crippen molar-refractivity contribution in [3.8, 4) is 5.82 Å². The molecule has 1 fully saturated rings. The van der Waals surface area contributed by atoms with Crippen molar-refractivity contribution in [2.45, 2.75) is 13.3 Å². The second kappa shape index (κ2) is 8.31. The molecule has 3 rings (SSSR count). The van der Waals surface area contributed by atoms with Crippen LogP contribution in [0.1, 0.15) is 23.7 Å². The van der Waals surface area contributed by atoms with E-state index in [1.807, 2.05) is 36.1 Å². The van der Waals surface area contributed by atoms with Gasteiger partial charge in [-0.3, -0.25) is 9.48 Å². The Bertz CT molecular complexity index is 670. The van der Waals surface area contributed by atoms with Crippen LogP contribution in [0.2, 0.25) is 0 Å². The van der Waals surface area contributed by atoms with Gasteiger partial charge in [-0.15, -0.1) is 0 Å². The fourth-order valence-corrected chi connectivity index (χ4v) is 3.30. The Labute approximate surface area is 149 Å². The smallest absolute Gasteiger partial charge is 0.256 e. The largest absolute Gasteiger partial charge is 0.352 e. The van der Waals surface area contributed by atoms with Crippen LogP contribution in [0.3, 0.4) is 0 Å². The maximum atomic E-state index is 12.5. The zero-order chi connectivity index (χ0) is 17.6. The van der Waals surface area contributed by atoms with Crippen LogP contribution in [0.4, 0.5) is 0 Å². The molecule has 1 aliphatic rings. The van der Waals surface area contributed by atoms with Gasteiger partial charge >= 0.3 is 0 Å². The fourth-order valence-electron chi connectivity index (χ4n) is 3.30. The van der Waals surface area contributed by atoms with Gasteiger partial charge in [-0.05, 0) is 31.6 Å². The summed E-state index contributed by atoms with van der Waals surface area (Å²) in [5.41, 5.74) is 0.607. The zero-order valence-corrected chi connectivity index (χ0v) is 15.2. The number of hydrogen-bond acceptors (Lipinski definition) is 4. The number of aromatic nitrogens is 3. The molecule has 136 valence electrons. The molecule has 2 aromatic rings. The average Bonchev–Trinajstić information content (AvgIpc) is 3.28. The second-order valence-corrected chi connectivity index (χ2v) is 6.48. The van der Waals surface area contributed by atoms with Crippen LogP contribution >= 0.6 is 0 Å². The first-order valence-electron chi connectivity index (χ1n) is 9.07. The predicted octanol–water partition coefficient (Wildman–Crippen LogP) is 0.968. The van der Waals surface area contributed by atoms with Crippen LogP contribution < -0.4 is 5.32 Å². The van der Waals surface area contributed by atoms with Crippen LogP contribution in [0.25, 0.3) is 5.82 Å². The summed E-state index contributed by atoms with van der Waals surface area (Å²) >= 11 is 0. The van der Waals surface area contributed by atoms with Gasteiger partial charge < -0.3 is 19.7 Å². The van der Waals surface area contributed by atoms with Gasteiger partial charge in [0, 0.05) is 52.2 Å². The molecule has 0 atom stereocenters. The van der Waals surface area contributed by atoms with Gasteiger partial charge in [-0.25, -0.2) is 0 Å². The van der Waals surface area contributed by atoms with E-state index >= 15 is 0 Å². The standard InChI is InChI=1S/C18H28N6O/c1-3-22-11-13-23(14-12-22)8-6-7-19-17(25)16-15-20-21(2)18(16)24-9-4-5-10-24/h4-5,9-10,15H,3,6-8,11-14H2,1-2H3,(H,19,25). The number of likely N-dealkylation sites (N-methyl/N-ethyl adjacent to an activating group) is 1. The number of amides is 1. The summed E-state index contributed by atoms with van der Waals surface area (Å²) in [4.78, 5) is 17.5. The second-order valence-electron chi connectivity index (χ2n) is 6.48. The number of rotatable bonds is 7. The first-order valence-corrected chi connectivity index (χ1v) is 9.07. The highest BCUT2D eigenvalue weighted by Crippen LogP contribution is 2.13. The summed E-state index contributed by atoms with van der Waals surface area (Å²) < 4.78 is 3.64. The Kier molecular flexibility index (Phi) is 5.88. The molecule has 25 heavy (non-hydrogen) atoms. The molecule has 0 spiro atoms. The van der Waals surface area contributed by atoms with Gasteiger partial charge in [0.2, 0.25) is 0 Å². The monoisotopic (exact) mass is 344 g/mol. The maximum Gasteiger partial charge on any atom is 0.256 e. The van der Waals surface area contributed by atoms with Crippen LogP contribution in [-0.4, -0.2) is 75.9 Å². The van der Waals surface area contributed by atoms with Gasteiger partial charge in [0.1, 0.15) is 11.4 Å². The van der Waals surface area contributed by atoms with Crippen molar-refractivity contribution in [2.75, 3.05) is 45.8 Å². The van der Waals surface area contributed by atoms with Gasteiger partial charge in [-0.2, -0.15) is 5.10 Å². The van der Waals surface area contributed by atoms with Crippen LogP contribution in [0.5, 0.6) is 0 Å². The van der Waals surface area contributed by atoms with Gasteiger partial charge in [-0.1, -0.05) is 6.92 Å². The summed E-state index contributed by atoms with van der Waals surface area (Å²) in [6, 6.07) is 3.87. The molecule has 2 aromatic heterocycles. The Morgan fingerprint density at radius 3 is 2.52 bits per heavy atom. The minimum atomic E-state index is -0.0624. The number of nitrogens with zero attached hydrogens (tertiary/aromatic N) is 5. The average molecular weight is 344 g/mol. The third-order valence-corrected chi connectivity index (χ3v) is 4.85. The lowest BCUT2D eigenvalue weighted by molar-refractivity contribution is 0.0948. The van der Waals surface area contributed by atoms with E-state index < -0.39 is 0 Å². The first-order chi connectivity index (χ1) is 12.2. The summed E-state index contributed by atoms with van der Waals surface area (Å²) in [6.45, 7) is 9.63. The number of carbonyl (C=O) groups excluding carboxylic acids is 1. The van der Waals surface area contributed by atoms with E-state index in [-0.39, 0.29) is 5.91 Å². The molecule has 0 bridgehead atoms. The summed E-state index contributed by atoms with van der Waals surface area (Å²) in [7, 11) is 1.85. The van der Waals surface area contributed by atoms with E-state index in [2.05, 4.69) is 27.1 Å². The summed E-state index contributed by atoms with van der Waals surface area (Å²) in [5.74, 6) is 0.728. The Morgan fingerprint density at radius 1 is 1.16 bits per heavy atom. The fraction of sp³-hybridized carbons (Fsp3) is 0.556. The molecule has 7 heteroatoms. The molecule has 7 nitrogen and oxygen atoms in total. The predicted molar refractivity (Wildman–Crippen MR) is 98.0 cm³/mol. The Hall–Kier alpha value is -2.12. The van der Waals surface area contributed by atoms with Gasteiger partial charge in [0.25, 0.3) is 5.91 Å². The summed E-state index contributed by atoms with van der Waals surface area (Å²) in [6.07, 6.45) is 6.44. The van der Waals surface area contributed by atoms with E-state index in [9.17, 15) is 4.79 Å². The van der Waals surface area contributed by atoms with E-state index in [4.69, 9.17) is 0 Å². The third kappa shape index (κ3) is 4.29. The lowest BCUT2D eigenvalue weighted by atomic mass is 10.2. The van der Waals surface area contributed by atoms with E-state index in [0.717, 1.165) is 51.5 Å². The SMILES string of the molecule is CCN1CCN(CCCNC(=O)c2cnn(C)c2-n2cccc2)CC1. The van der Waals surface area contributed by atoms with Gasteiger partial charge in [0.15, 0.2) is 0 Å². The zero-order valence-electron chi connectivity index (χ0n) is 15.2. The van der Waals surface area contributed by atoms with E-state index in [0.29, 0.717) is 12.1 Å². The molecule has 1 amide bonds. The first kappa shape index (κ1) is 17.7. The molecule has 1 N–H and O–H groups in total. The highest BCUT2D eigenvalue weighted by atomic mass is 16.1. The van der Waals surface area contributed by atoms with E-state index in [1.54, 1.807) is 10.9 Å².